The Kier molecular flexibility index (Phi) is 4.19. The number of nitrogens with one attached hydrogen (secondary N) is 1. The SMILES string of the molecule is CC(c1noc(-c2ccc(F)cc2Cl)n1)N1CCNCC1. The van der Waals surface area contributed by atoms with Crippen molar-refractivity contribution in [2.24, 2.45) is 0 Å². The standard InChI is InChI=1S/C14H16ClFN4O/c1-9(20-6-4-17-5-7-20)13-18-14(21-19-13)11-3-2-10(16)8-12(11)15/h2-3,8-9,17H,4-7H2,1H3. The smallest absolute Gasteiger partial charge is 0.259 e. The highest BCUT2D eigenvalue weighted by atomic mass is 35.5. The van der Waals surface area contributed by atoms with Crippen molar-refractivity contribution >= 4 is 11.6 Å². The van der Waals surface area contributed by atoms with E-state index in [1.807, 2.05) is 6.92 Å². The second kappa shape index (κ2) is 6.09. The molecule has 1 unspecified atom stereocenters. The molecule has 1 N–H and O–H groups in total. The van der Waals surface area contributed by atoms with Crippen molar-refractivity contribution in [3.63, 3.8) is 0 Å². The largest absolute Gasteiger partial charge is 0.334 e. The van der Waals surface area contributed by atoms with Crippen molar-refractivity contribution in [1.29, 1.82) is 0 Å². The van der Waals surface area contributed by atoms with Crippen LogP contribution in [-0.2, 0) is 0 Å². The molecule has 1 aliphatic heterocycles. The van der Waals surface area contributed by atoms with Crippen LogP contribution in [0.1, 0.15) is 18.8 Å². The lowest BCUT2D eigenvalue weighted by atomic mass is 10.2. The molecule has 1 aromatic carbocycles. The second-order valence-corrected chi connectivity index (χ2v) is 5.45. The van der Waals surface area contributed by atoms with Gasteiger partial charge in [0.2, 0.25) is 0 Å². The third kappa shape index (κ3) is 3.07. The van der Waals surface area contributed by atoms with E-state index in [1.54, 1.807) is 6.07 Å². The summed E-state index contributed by atoms with van der Waals surface area (Å²) in [5.74, 6) is 0.543. The van der Waals surface area contributed by atoms with E-state index >= 15 is 0 Å². The molecule has 5 nitrogen and oxygen atoms in total. The molecule has 1 atom stereocenters. The number of piperazine rings is 1. The van der Waals surface area contributed by atoms with Crippen LogP contribution in [-0.4, -0.2) is 41.2 Å². The third-order valence-electron chi connectivity index (χ3n) is 3.68. The fourth-order valence-corrected chi connectivity index (χ4v) is 2.66. The van der Waals surface area contributed by atoms with E-state index in [0.29, 0.717) is 17.3 Å². The minimum Gasteiger partial charge on any atom is -0.334 e. The van der Waals surface area contributed by atoms with Gasteiger partial charge in [-0.2, -0.15) is 4.98 Å². The third-order valence-corrected chi connectivity index (χ3v) is 3.99. The molecule has 0 saturated carbocycles. The molecule has 7 heteroatoms. The molecule has 0 aliphatic carbocycles. The number of hydrogen-bond acceptors (Lipinski definition) is 5. The lowest BCUT2D eigenvalue weighted by molar-refractivity contribution is 0.176. The van der Waals surface area contributed by atoms with Gasteiger partial charge in [0.15, 0.2) is 5.82 Å². The first kappa shape index (κ1) is 14.4. The quantitative estimate of drug-likeness (QED) is 0.944. The zero-order valence-corrected chi connectivity index (χ0v) is 12.4. The zero-order valence-electron chi connectivity index (χ0n) is 11.6. The maximum absolute atomic E-state index is 13.1. The van der Waals surface area contributed by atoms with Crippen LogP contribution in [0.25, 0.3) is 11.5 Å². The summed E-state index contributed by atoms with van der Waals surface area (Å²) in [6.07, 6.45) is 0. The maximum atomic E-state index is 13.1. The molecular formula is C14H16ClFN4O. The average Bonchev–Trinajstić information content (AvgIpc) is 2.97. The Morgan fingerprint density at radius 1 is 1.38 bits per heavy atom. The first-order valence-electron chi connectivity index (χ1n) is 6.89. The van der Waals surface area contributed by atoms with E-state index in [4.69, 9.17) is 16.1 Å². The normalized spacial score (nSPS) is 17.9. The van der Waals surface area contributed by atoms with Crippen molar-refractivity contribution in [1.82, 2.24) is 20.4 Å². The number of hydrogen-bond donors (Lipinski definition) is 1. The molecule has 21 heavy (non-hydrogen) atoms. The van der Waals surface area contributed by atoms with Crippen LogP contribution in [0.4, 0.5) is 4.39 Å². The predicted octanol–water partition coefficient (Wildman–Crippen LogP) is 2.50. The van der Waals surface area contributed by atoms with Gasteiger partial charge in [-0.25, -0.2) is 4.39 Å². The van der Waals surface area contributed by atoms with E-state index < -0.39 is 5.82 Å². The molecule has 1 aliphatic rings. The fourth-order valence-electron chi connectivity index (χ4n) is 2.41. The molecule has 0 radical (unpaired) electrons. The van der Waals surface area contributed by atoms with Crippen LogP contribution >= 0.6 is 11.6 Å². The van der Waals surface area contributed by atoms with E-state index in [0.717, 1.165) is 26.2 Å². The summed E-state index contributed by atoms with van der Waals surface area (Å²) in [6, 6.07) is 4.18. The van der Waals surface area contributed by atoms with Crippen molar-refractivity contribution in [3.8, 4) is 11.5 Å². The highest BCUT2D eigenvalue weighted by Crippen LogP contribution is 2.28. The molecule has 0 spiro atoms. The van der Waals surface area contributed by atoms with Crippen LogP contribution in [0.2, 0.25) is 5.02 Å². The molecule has 1 saturated heterocycles. The number of aromatic nitrogens is 2. The Morgan fingerprint density at radius 3 is 2.86 bits per heavy atom. The maximum Gasteiger partial charge on any atom is 0.259 e. The summed E-state index contributed by atoms with van der Waals surface area (Å²) in [6.45, 7) is 5.86. The summed E-state index contributed by atoms with van der Waals surface area (Å²) in [5, 5.41) is 7.60. The summed E-state index contributed by atoms with van der Waals surface area (Å²) in [4.78, 5) is 6.69. The van der Waals surface area contributed by atoms with E-state index in [1.165, 1.54) is 12.1 Å². The van der Waals surface area contributed by atoms with Gasteiger partial charge < -0.3 is 9.84 Å². The number of rotatable bonds is 3. The van der Waals surface area contributed by atoms with Crippen molar-refractivity contribution in [3.05, 3.63) is 34.9 Å². The Balaban J connectivity index is 1.82. The lowest BCUT2D eigenvalue weighted by Crippen LogP contribution is -2.44. The summed E-state index contributed by atoms with van der Waals surface area (Å²) in [5.41, 5.74) is 0.546. The van der Waals surface area contributed by atoms with Crippen molar-refractivity contribution < 1.29 is 8.91 Å². The van der Waals surface area contributed by atoms with Gasteiger partial charge in [0, 0.05) is 26.2 Å². The molecule has 2 aromatic rings. The summed E-state index contributed by atoms with van der Waals surface area (Å²) < 4.78 is 18.3. The summed E-state index contributed by atoms with van der Waals surface area (Å²) >= 11 is 6.02. The van der Waals surface area contributed by atoms with Gasteiger partial charge in [-0.15, -0.1) is 0 Å². The second-order valence-electron chi connectivity index (χ2n) is 5.04. The summed E-state index contributed by atoms with van der Waals surface area (Å²) in [7, 11) is 0. The van der Waals surface area contributed by atoms with Gasteiger partial charge in [-0.1, -0.05) is 16.8 Å². The van der Waals surface area contributed by atoms with Gasteiger partial charge in [0.1, 0.15) is 5.82 Å². The minimum atomic E-state index is -0.391. The van der Waals surface area contributed by atoms with Gasteiger partial charge in [0.25, 0.3) is 5.89 Å². The Morgan fingerprint density at radius 2 is 2.14 bits per heavy atom. The monoisotopic (exact) mass is 310 g/mol. The molecule has 3 rings (SSSR count). The average molecular weight is 311 g/mol. The molecule has 112 valence electrons. The fraction of sp³-hybridized carbons (Fsp3) is 0.429. The van der Waals surface area contributed by atoms with E-state index in [9.17, 15) is 4.39 Å². The first-order chi connectivity index (χ1) is 10.1. The van der Waals surface area contributed by atoms with Crippen LogP contribution in [0.5, 0.6) is 0 Å². The number of halogens is 2. The highest BCUT2D eigenvalue weighted by molar-refractivity contribution is 6.33. The van der Waals surface area contributed by atoms with Gasteiger partial charge in [0.05, 0.1) is 16.6 Å². The van der Waals surface area contributed by atoms with E-state index in [2.05, 4.69) is 20.4 Å². The Hall–Kier alpha value is -1.50. The van der Waals surface area contributed by atoms with Crippen molar-refractivity contribution in [2.45, 2.75) is 13.0 Å². The topological polar surface area (TPSA) is 54.2 Å². The molecule has 0 amide bonds. The molecular weight excluding hydrogens is 295 g/mol. The van der Waals surface area contributed by atoms with E-state index in [-0.39, 0.29) is 11.1 Å². The zero-order chi connectivity index (χ0) is 14.8. The van der Waals surface area contributed by atoms with Crippen LogP contribution < -0.4 is 5.32 Å². The first-order valence-corrected chi connectivity index (χ1v) is 7.27. The molecule has 2 heterocycles. The van der Waals surface area contributed by atoms with Gasteiger partial charge in [-0.05, 0) is 25.1 Å². The molecule has 1 fully saturated rings. The predicted molar refractivity (Wildman–Crippen MR) is 77.6 cm³/mol. The number of benzene rings is 1. The highest BCUT2D eigenvalue weighted by Gasteiger charge is 2.23. The molecule has 1 aromatic heterocycles. The Labute approximate surface area is 127 Å². The van der Waals surface area contributed by atoms with Crippen LogP contribution in [0.15, 0.2) is 22.7 Å². The van der Waals surface area contributed by atoms with Crippen molar-refractivity contribution in [2.75, 3.05) is 26.2 Å². The molecule has 0 bridgehead atoms. The van der Waals surface area contributed by atoms with Gasteiger partial charge >= 0.3 is 0 Å². The Bertz CT molecular complexity index is 627. The number of nitrogens with zero attached hydrogens (tertiary/aromatic N) is 3. The lowest BCUT2D eigenvalue weighted by Gasteiger charge is -2.30. The van der Waals surface area contributed by atoms with Gasteiger partial charge in [-0.3, -0.25) is 4.90 Å². The van der Waals surface area contributed by atoms with Crippen LogP contribution in [0, 0.1) is 5.82 Å². The van der Waals surface area contributed by atoms with Crippen LogP contribution in [0.3, 0.4) is 0 Å². The minimum absolute atomic E-state index is 0.0730.